The highest BCUT2D eigenvalue weighted by molar-refractivity contribution is 6.31. The summed E-state index contributed by atoms with van der Waals surface area (Å²) in [5, 5.41) is 7.89. The summed E-state index contributed by atoms with van der Waals surface area (Å²) in [4.78, 5) is 0. The van der Waals surface area contributed by atoms with Gasteiger partial charge in [-0.15, -0.1) is 0 Å². The van der Waals surface area contributed by atoms with Crippen molar-refractivity contribution in [3.05, 3.63) is 181 Å². The molecule has 1 atom stereocenters. The van der Waals surface area contributed by atoms with Crippen molar-refractivity contribution >= 4 is 34.2 Å². The highest BCUT2D eigenvalue weighted by Gasteiger charge is 2.09. The van der Waals surface area contributed by atoms with Crippen LogP contribution in [-0.2, 0) is 0 Å². The number of allylic oxidation sites excluding steroid dienone is 6. The predicted molar refractivity (Wildman–Crippen MR) is 192 cm³/mol. The Morgan fingerprint density at radius 2 is 1.23 bits per heavy atom. The van der Waals surface area contributed by atoms with Gasteiger partial charge in [-0.25, -0.2) is 0 Å². The van der Waals surface area contributed by atoms with E-state index in [0.29, 0.717) is 5.02 Å². The number of benzene rings is 5. The average Bonchev–Trinajstić information content (AvgIpc) is 3.04. The maximum Gasteiger partial charge on any atom is 0.0447 e. The highest BCUT2D eigenvalue weighted by Crippen LogP contribution is 2.33. The van der Waals surface area contributed by atoms with Gasteiger partial charge in [0.2, 0.25) is 0 Å². The van der Waals surface area contributed by atoms with Gasteiger partial charge in [-0.2, -0.15) is 0 Å². The molecule has 5 rings (SSSR count). The zero-order valence-corrected chi connectivity index (χ0v) is 25.9. The largest absolute Gasteiger partial charge is 0.356 e. The Hall–Kier alpha value is -5.05. The molecule has 0 amide bonds. The van der Waals surface area contributed by atoms with Crippen LogP contribution in [0.5, 0.6) is 0 Å². The van der Waals surface area contributed by atoms with Crippen molar-refractivity contribution in [2.75, 3.05) is 10.6 Å². The van der Waals surface area contributed by atoms with Crippen LogP contribution in [0.25, 0.3) is 27.8 Å². The molecule has 0 saturated carbocycles. The van der Waals surface area contributed by atoms with Crippen LogP contribution in [0.3, 0.4) is 0 Å². The second kappa shape index (κ2) is 14.9. The fraction of sp³-hybridized carbons (Fsp3) is 0.0732. The van der Waals surface area contributed by atoms with E-state index in [1.807, 2.05) is 55.5 Å². The van der Waals surface area contributed by atoms with E-state index in [2.05, 4.69) is 133 Å². The molecule has 2 nitrogen and oxygen atoms in total. The SMILES string of the molecule is C=C/C(=C\C(=C/C(C)/C=C\C)Nc1cc(Cl)cc(Nc2cc(-c3ccccc3)cc(-c3ccccc3)c2)c1)c1ccccc1. The van der Waals surface area contributed by atoms with Crippen molar-refractivity contribution in [1.29, 1.82) is 0 Å². The van der Waals surface area contributed by atoms with Gasteiger partial charge in [-0.1, -0.05) is 140 Å². The molecule has 3 heteroatoms. The molecule has 2 N–H and O–H groups in total. The maximum absolute atomic E-state index is 6.70. The molecule has 0 aliphatic rings. The second-order valence-corrected chi connectivity index (χ2v) is 11.1. The topological polar surface area (TPSA) is 24.1 Å². The fourth-order valence-corrected chi connectivity index (χ4v) is 5.42. The van der Waals surface area contributed by atoms with Crippen LogP contribution in [-0.4, -0.2) is 0 Å². The Morgan fingerprint density at radius 3 is 1.80 bits per heavy atom. The summed E-state index contributed by atoms with van der Waals surface area (Å²) in [6, 6.07) is 43.8. The molecule has 0 fully saturated rings. The monoisotopic (exact) mass is 592 g/mol. The lowest BCUT2D eigenvalue weighted by Crippen LogP contribution is -2.02. The molecule has 5 aromatic rings. The lowest BCUT2D eigenvalue weighted by atomic mass is 9.98. The molecule has 0 radical (unpaired) electrons. The van der Waals surface area contributed by atoms with Gasteiger partial charge in [0.1, 0.15) is 0 Å². The first-order chi connectivity index (χ1) is 21.5. The van der Waals surface area contributed by atoms with Crippen molar-refractivity contribution in [2.24, 2.45) is 5.92 Å². The minimum atomic E-state index is 0.231. The molecule has 5 aromatic carbocycles. The third-order valence-corrected chi connectivity index (χ3v) is 7.42. The van der Waals surface area contributed by atoms with Crippen LogP contribution in [0, 0.1) is 5.92 Å². The average molecular weight is 593 g/mol. The van der Waals surface area contributed by atoms with E-state index in [4.69, 9.17) is 11.6 Å². The molecular formula is C41H37ClN2. The summed E-state index contributed by atoms with van der Waals surface area (Å²) in [5.41, 5.74) is 10.5. The van der Waals surface area contributed by atoms with E-state index < -0.39 is 0 Å². The Kier molecular flexibility index (Phi) is 10.3. The number of rotatable bonds is 11. The third-order valence-electron chi connectivity index (χ3n) is 7.20. The Morgan fingerprint density at radius 1 is 0.682 bits per heavy atom. The van der Waals surface area contributed by atoms with Gasteiger partial charge in [0.15, 0.2) is 0 Å². The van der Waals surface area contributed by atoms with Gasteiger partial charge in [-0.3, -0.25) is 0 Å². The fourth-order valence-electron chi connectivity index (χ4n) is 5.19. The highest BCUT2D eigenvalue weighted by atomic mass is 35.5. The summed E-state index contributed by atoms with van der Waals surface area (Å²) in [6.07, 6.45) is 10.5. The number of hydrogen-bond donors (Lipinski definition) is 2. The molecule has 0 aliphatic carbocycles. The van der Waals surface area contributed by atoms with Crippen LogP contribution in [0.15, 0.2) is 170 Å². The lowest BCUT2D eigenvalue weighted by Gasteiger charge is -2.16. The van der Waals surface area contributed by atoms with Crippen LogP contribution < -0.4 is 10.6 Å². The van der Waals surface area contributed by atoms with E-state index >= 15 is 0 Å². The van der Waals surface area contributed by atoms with E-state index in [0.717, 1.165) is 56.1 Å². The van der Waals surface area contributed by atoms with Crippen LogP contribution in [0.2, 0.25) is 5.02 Å². The first-order valence-corrected chi connectivity index (χ1v) is 15.2. The van der Waals surface area contributed by atoms with Gasteiger partial charge >= 0.3 is 0 Å². The number of hydrogen-bond acceptors (Lipinski definition) is 2. The first-order valence-electron chi connectivity index (χ1n) is 14.9. The van der Waals surface area contributed by atoms with E-state index in [1.54, 1.807) is 0 Å². The van der Waals surface area contributed by atoms with Gasteiger partial charge in [-0.05, 0) is 88.7 Å². The van der Waals surface area contributed by atoms with Gasteiger partial charge in [0.25, 0.3) is 0 Å². The van der Waals surface area contributed by atoms with Crippen molar-refractivity contribution in [1.82, 2.24) is 0 Å². The van der Waals surface area contributed by atoms with Crippen LogP contribution in [0.4, 0.5) is 17.1 Å². The molecule has 0 bridgehead atoms. The summed E-state index contributed by atoms with van der Waals surface area (Å²) < 4.78 is 0. The number of halogens is 1. The Balaban J connectivity index is 1.50. The smallest absolute Gasteiger partial charge is 0.0447 e. The molecule has 1 unspecified atom stereocenters. The summed E-state index contributed by atoms with van der Waals surface area (Å²) >= 11 is 6.70. The summed E-state index contributed by atoms with van der Waals surface area (Å²) in [6.45, 7) is 8.28. The zero-order chi connectivity index (χ0) is 30.7. The minimum Gasteiger partial charge on any atom is -0.356 e. The zero-order valence-electron chi connectivity index (χ0n) is 25.2. The van der Waals surface area contributed by atoms with Crippen molar-refractivity contribution in [3.63, 3.8) is 0 Å². The minimum absolute atomic E-state index is 0.231. The number of nitrogens with one attached hydrogen (secondary N) is 2. The Labute approximate surface area is 266 Å². The lowest BCUT2D eigenvalue weighted by molar-refractivity contribution is 0.929. The van der Waals surface area contributed by atoms with Crippen LogP contribution in [0.1, 0.15) is 19.4 Å². The van der Waals surface area contributed by atoms with E-state index in [1.165, 1.54) is 0 Å². The van der Waals surface area contributed by atoms with Gasteiger partial charge in [0.05, 0.1) is 0 Å². The van der Waals surface area contributed by atoms with E-state index in [-0.39, 0.29) is 5.92 Å². The predicted octanol–water partition coefficient (Wildman–Crippen LogP) is 12.2. The second-order valence-electron chi connectivity index (χ2n) is 10.7. The normalized spacial score (nSPS) is 12.6. The van der Waals surface area contributed by atoms with E-state index in [9.17, 15) is 0 Å². The van der Waals surface area contributed by atoms with Gasteiger partial charge < -0.3 is 10.6 Å². The van der Waals surface area contributed by atoms with Gasteiger partial charge in [0, 0.05) is 27.8 Å². The molecule has 218 valence electrons. The van der Waals surface area contributed by atoms with Crippen LogP contribution >= 0.6 is 11.6 Å². The molecule has 0 saturated heterocycles. The van der Waals surface area contributed by atoms with Crippen molar-refractivity contribution in [3.8, 4) is 22.3 Å². The molecule has 0 heterocycles. The quantitative estimate of drug-likeness (QED) is 0.118. The molecule has 44 heavy (non-hydrogen) atoms. The maximum atomic E-state index is 6.70. The standard InChI is InChI=1S/C41H37ClN2/c1-4-15-30(3)22-38(24-31(5-2)32-16-9-6-10-17-32)43-40-27-37(42)28-41(29-40)44-39-25-35(33-18-11-7-12-19-33)23-36(26-39)34-20-13-8-14-21-34/h4-30,43-44H,2H2,1,3H3/b15-4-,31-24+,38-22+. The molecule has 0 aliphatic heterocycles. The molecule has 0 aromatic heterocycles. The van der Waals surface area contributed by atoms with Crippen molar-refractivity contribution < 1.29 is 0 Å². The van der Waals surface area contributed by atoms with Crippen molar-refractivity contribution in [2.45, 2.75) is 13.8 Å². The third kappa shape index (κ3) is 8.28. The summed E-state index contributed by atoms with van der Waals surface area (Å²) in [7, 11) is 0. The molecular weight excluding hydrogens is 556 g/mol. The molecule has 0 spiro atoms. The first kappa shape index (κ1) is 30.4. The summed E-state index contributed by atoms with van der Waals surface area (Å²) in [5.74, 6) is 0.231. The Bertz CT molecular complexity index is 1730. The number of anilines is 3.